The molecule has 4 atom stereocenters. The normalized spacial score (nSPS) is 27.3. The van der Waals surface area contributed by atoms with E-state index in [2.05, 4.69) is 5.32 Å². The third-order valence-corrected chi connectivity index (χ3v) is 4.43. The van der Waals surface area contributed by atoms with Crippen molar-refractivity contribution in [3.8, 4) is 0 Å². The van der Waals surface area contributed by atoms with Gasteiger partial charge in [0.25, 0.3) is 3.91 Å². The first-order valence-electron chi connectivity index (χ1n) is 6.96. The smallest absolute Gasteiger partial charge is 0.326 e. The molecular weight excluding hydrogens is 387 g/mol. The SMILES string of the molecule is C[C@@H]1[C@@H](C(=O)O)N(C(=O)[C@@H](NC(=O)I)C(C)(C)C)C[C@@H]1C. The number of nitrogens with zero attached hydrogens (tertiary/aromatic N) is 1. The van der Waals surface area contributed by atoms with Gasteiger partial charge in [0.05, 0.1) is 0 Å². The van der Waals surface area contributed by atoms with Crippen LogP contribution in [0, 0.1) is 17.3 Å². The molecule has 0 aromatic carbocycles. The van der Waals surface area contributed by atoms with Crippen molar-refractivity contribution in [3.05, 3.63) is 0 Å². The minimum atomic E-state index is -0.992. The molecule has 0 aliphatic carbocycles. The maximum absolute atomic E-state index is 12.8. The van der Waals surface area contributed by atoms with Crippen LogP contribution in [0.15, 0.2) is 0 Å². The first-order chi connectivity index (χ1) is 9.46. The average molecular weight is 410 g/mol. The van der Waals surface area contributed by atoms with Crippen molar-refractivity contribution in [3.63, 3.8) is 0 Å². The fourth-order valence-corrected chi connectivity index (χ4v) is 3.01. The summed E-state index contributed by atoms with van der Waals surface area (Å²) in [4.78, 5) is 37.0. The summed E-state index contributed by atoms with van der Waals surface area (Å²) in [5, 5.41) is 12.1. The molecule has 0 aromatic heterocycles. The molecule has 7 heteroatoms. The number of halogens is 1. The number of hydrogen-bond acceptors (Lipinski definition) is 3. The zero-order valence-electron chi connectivity index (χ0n) is 13.0. The van der Waals surface area contributed by atoms with E-state index < -0.39 is 23.5 Å². The summed E-state index contributed by atoms with van der Waals surface area (Å²) in [6.07, 6.45) is 0. The van der Waals surface area contributed by atoms with E-state index >= 15 is 0 Å². The van der Waals surface area contributed by atoms with Crippen molar-refractivity contribution in [2.75, 3.05) is 6.54 Å². The van der Waals surface area contributed by atoms with Gasteiger partial charge in [0.1, 0.15) is 12.1 Å². The maximum Gasteiger partial charge on any atom is 0.326 e. The average Bonchev–Trinajstić information content (AvgIpc) is 2.60. The molecule has 2 amide bonds. The highest BCUT2D eigenvalue weighted by atomic mass is 127. The summed E-state index contributed by atoms with van der Waals surface area (Å²) >= 11 is 1.58. The minimum Gasteiger partial charge on any atom is -0.480 e. The van der Waals surface area contributed by atoms with Crippen molar-refractivity contribution in [1.29, 1.82) is 0 Å². The summed E-state index contributed by atoms with van der Waals surface area (Å²) in [7, 11) is 0. The first-order valence-corrected chi connectivity index (χ1v) is 8.04. The standard InChI is InChI=1S/C14H23IN2O4/c1-7-6-17(9(8(7)2)12(19)20)11(18)10(14(3,4)5)16-13(15)21/h7-10H,6H2,1-5H3,(H,16,21)(H,19,20)/t7-,8-,9-,10+/m0/s1. The summed E-state index contributed by atoms with van der Waals surface area (Å²) < 4.78 is -0.326. The summed E-state index contributed by atoms with van der Waals surface area (Å²) in [6, 6.07) is -1.57. The van der Waals surface area contributed by atoms with Crippen LogP contribution in [-0.2, 0) is 9.59 Å². The van der Waals surface area contributed by atoms with Gasteiger partial charge in [0.2, 0.25) is 5.91 Å². The molecule has 0 saturated carbocycles. The topological polar surface area (TPSA) is 86.7 Å². The Kier molecular flexibility index (Phi) is 5.63. The van der Waals surface area contributed by atoms with E-state index in [1.54, 1.807) is 22.6 Å². The Hall–Kier alpha value is -0.860. The first kappa shape index (κ1) is 18.2. The van der Waals surface area contributed by atoms with Crippen molar-refractivity contribution in [1.82, 2.24) is 10.2 Å². The van der Waals surface area contributed by atoms with Gasteiger partial charge in [-0.05, 0) is 17.3 Å². The molecule has 0 bridgehead atoms. The van der Waals surface area contributed by atoms with Crippen LogP contribution in [0.2, 0.25) is 0 Å². The lowest BCUT2D eigenvalue weighted by molar-refractivity contribution is -0.151. The third-order valence-electron chi connectivity index (χ3n) is 4.12. The van der Waals surface area contributed by atoms with E-state index in [4.69, 9.17) is 0 Å². The number of nitrogens with one attached hydrogen (secondary N) is 1. The summed E-state index contributed by atoms with van der Waals surface area (Å²) in [5.41, 5.74) is -0.490. The van der Waals surface area contributed by atoms with Crippen LogP contribution in [-0.4, -0.2) is 44.4 Å². The number of amides is 2. The van der Waals surface area contributed by atoms with Crippen LogP contribution in [0.5, 0.6) is 0 Å². The molecule has 0 spiro atoms. The number of aliphatic carboxylic acids is 1. The van der Waals surface area contributed by atoms with Crippen LogP contribution in [0.25, 0.3) is 0 Å². The van der Waals surface area contributed by atoms with E-state index in [1.165, 1.54) is 4.90 Å². The number of rotatable bonds is 3. The van der Waals surface area contributed by atoms with Gasteiger partial charge in [0, 0.05) is 29.1 Å². The summed E-state index contributed by atoms with van der Waals surface area (Å²) in [6.45, 7) is 9.74. The molecule has 120 valence electrons. The lowest BCUT2D eigenvalue weighted by atomic mass is 9.85. The zero-order chi connectivity index (χ0) is 16.5. The number of carbonyl (C=O) groups excluding carboxylic acids is 2. The second kappa shape index (κ2) is 6.50. The predicted octanol–water partition coefficient (Wildman–Crippen LogP) is 2.11. The molecule has 0 radical (unpaired) electrons. The van der Waals surface area contributed by atoms with Gasteiger partial charge in [-0.1, -0.05) is 34.6 Å². The second-order valence-corrected chi connectivity index (χ2v) is 7.81. The molecule has 1 saturated heterocycles. The van der Waals surface area contributed by atoms with Gasteiger partial charge >= 0.3 is 5.97 Å². The van der Waals surface area contributed by atoms with Crippen molar-refractivity contribution in [2.45, 2.75) is 46.7 Å². The van der Waals surface area contributed by atoms with Gasteiger partial charge in [-0.2, -0.15) is 0 Å². The number of hydrogen-bond donors (Lipinski definition) is 2. The maximum atomic E-state index is 12.8. The molecule has 6 nitrogen and oxygen atoms in total. The zero-order valence-corrected chi connectivity index (χ0v) is 15.2. The largest absolute Gasteiger partial charge is 0.480 e. The van der Waals surface area contributed by atoms with Crippen LogP contribution in [0.4, 0.5) is 4.79 Å². The molecule has 1 fully saturated rings. The van der Waals surface area contributed by atoms with E-state index in [0.29, 0.717) is 6.54 Å². The van der Waals surface area contributed by atoms with Crippen LogP contribution < -0.4 is 5.32 Å². The Morgan fingerprint density at radius 1 is 1.29 bits per heavy atom. The molecule has 21 heavy (non-hydrogen) atoms. The lowest BCUT2D eigenvalue weighted by Crippen LogP contribution is -2.56. The Balaban J connectivity index is 3.08. The fraction of sp³-hybridized carbons (Fsp3) is 0.786. The molecule has 1 aliphatic rings. The van der Waals surface area contributed by atoms with Crippen molar-refractivity contribution >= 4 is 38.4 Å². The van der Waals surface area contributed by atoms with Crippen LogP contribution in [0.3, 0.4) is 0 Å². The molecular formula is C14H23IN2O4. The number of carboxylic acid groups (broad SMARTS) is 1. The van der Waals surface area contributed by atoms with Crippen molar-refractivity contribution < 1.29 is 19.5 Å². The van der Waals surface area contributed by atoms with Gasteiger partial charge < -0.3 is 15.3 Å². The summed E-state index contributed by atoms with van der Waals surface area (Å²) in [5.74, 6) is -1.31. The highest BCUT2D eigenvalue weighted by Crippen LogP contribution is 2.32. The van der Waals surface area contributed by atoms with E-state index in [9.17, 15) is 19.5 Å². The van der Waals surface area contributed by atoms with E-state index in [0.717, 1.165) is 0 Å². The monoisotopic (exact) mass is 410 g/mol. The molecule has 1 rings (SSSR count). The highest BCUT2D eigenvalue weighted by molar-refractivity contribution is 14.1. The minimum absolute atomic E-state index is 0.109. The number of carbonyl (C=O) groups is 3. The quantitative estimate of drug-likeness (QED) is 0.424. The third kappa shape index (κ3) is 4.08. The molecule has 0 unspecified atom stereocenters. The second-order valence-electron chi connectivity index (χ2n) is 6.83. The molecule has 1 aliphatic heterocycles. The fourth-order valence-electron chi connectivity index (χ4n) is 2.70. The number of likely N-dealkylation sites (tertiary alicyclic amines) is 1. The Bertz CT molecular complexity index is 447. The Morgan fingerprint density at radius 2 is 1.81 bits per heavy atom. The molecule has 1 heterocycles. The molecule has 0 aromatic rings. The van der Waals surface area contributed by atoms with Crippen molar-refractivity contribution in [2.24, 2.45) is 17.3 Å². The van der Waals surface area contributed by atoms with Crippen LogP contribution in [0.1, 0.15) is 34.6 Å². The van der Waals surface area contributed by atoms with Gasteiger partial charge in [-0.3, -0.25) is 9.59 Å². The van der Waals surface area contributed by atoms with Gasteiger partial charge in [0.15, 0.2) is 0 Å². The Labute approximate surface area is 138 Å². The molecule has 2 N–H and O–H groups in total. The van der Waals surface area contributed by atoms with E-state index in [-0.39, 0.29) is 21.7 Å². The predicted molar refractivity (Wildman–Crippen MR) is 87.3 cm³/mol. The number of carboxylic acids is 1. The van der Waals surface area contributed by atoms with E-state index in [1.807, 2.05) is 34.6 Å². The van der Waals surface area contributed by atoms with Gasteiger partial charge in [-0.25, -0.2) is 4.79 Å². The Morgan fingerprint density at radius 3 is 2.19 bits per heavy atom. The van der Waals surface area contributed by atoms with Crippen LogP contribution >= 0.6 is 22.6 Å². The lowest BCUT2D eigenvalue weighted by Gasteiger charge is -2.34. The highest BCUT2D eigenvalue weighted by Gasteiger charge is 2.47. The van der Waals surface area contributed by atoms with Gasteiger partial charge in [-0.15, -0.1) is 0 Å².